The zero-order valence-corrected chi connectivity index (χ0v) is 12.7. The highest BCUT2D eigenvalue weighted by Gasteiger charge is 2.37. The van der Waals surface area contributed by atoms with Crippen LogP contribution >= 0.6 is 0 Å². The fraction of sp³-hybridized carbons (Fsp3) is 0.529. The van der Waals surface area contributed by atoms with Crippen molar-refractivity contribution in [3.05, 3.63) is 29.6 Å². The summed E-state index contributed by atoms with van der Waals surface area (Å²) in [5.41, 5.74) is 3.29. The van der Waals surface area contributed by atoms with Gasteiger partial charge in [-0.25, -0.2) is 4.98 Å². The molecule has 0 bridgehead atoms. The maximum atomic E-state index is 11.2. The Morgan fingerprint density at radius 1 is 1.38 bits per heavy atom. The number of fused-ring (bicyclic) bond motifs is 1. The largest absolute Gasteiger partial charge is 0.481 e. The van der Waals surface area contributed by atoms with Gasteiger partial charge in [-0.1, -0.05) is 25.0 Å². The second-order valence-corrected chi connectivity index (χ2v) is 6.48. The zero-order chi connectivity index (χ0) is 15.0. The van der Waals surface area contributed by atoms with E-state index < -0.39 is 5.97 Å². The summed E-state index contributed by atoms with van der Waals surface area (Å²) in [6.07, 6.45) is 5.30. The van der Waals surface area contributed by atoms with Crippen molar-refractivity contribution in [2.24, 2.45) is 12.5 Å². The van der Waals surface area contributed by atoms with Crippen LogP contribution in [0.2, 0.25) is 0 Å². The standard InChI is InChI=1S/C17H22N2O2/c1-12-6-5-7-13-16(12)19(2)14(18-13)10-17(11-15(20)21)8-3-4-9-17/h5-7H,3-4,8-11H2,1-2H3,(H,20,21). The Bertz CT molecular complexity index is 681. The van der Waals surface area contributed by atoms with Gasteiger partial charge >= 0.3 is 5.97 Å². The number of rotatable bonds is 4. The van der Waals surface area contributed by atoms with E-state index in [0.717, 1.165) is 49.0 Å². The highest BCUT2D eigenvalue weighted by molar-refractivity contribution is 5.79. The Hall–Kier alpha value is -1.84. The predicted molar refractivity (Wildman–Crippen MR) is 82.3 cm³/mol. The first-order valence-electron chi connectivity index (χ1n) is 7.63. The van der Waals surface area contributed by atoms with E-state index in [1.807, 2.05) is 19.2 Å². The second kappa shape index (κ2) is 5.17. The molecule has 4 nitrogen and oxygen atoms in total. The number of carbonyl (C=O) groups is 1. The van der Waals surface area contributed by atoms with Crippen molar-refractivity contribution in [1.82, 2.24) is 9.55 Å². The van der Waals surface area contributed by atoms with Gasteiger partial charge < -0.3 is 9.67 Å². The molecule has 0 radical (unpaired) electrons. The number of nitrogens with zero attached hydrogens (tertiary/aromatic N) is 2. The fourth-order valence-electron chi connectivity index (χ4n) is 3.87. The maximum absolute atomic E-state index is 11.2. The molecule has 1 aliphatic rings. The Labute approximate surface area is 124 Å². The molecule has 4 heteroatoms. The lowest BCUT2D eigenvalue weighted by Crippen LogP contribution is -2.25. The van der Waals surface area contributed by atoms with Gasteiger partial charge in [0, 0.05) is 13.5 Å². The van der Waals surface area contributed by atoms with Crippen LogP contribution in [0.15, 0.2) is 18.2 Å². The van der Waals surface area contributed by atoms with E-state index in [4.69, 9.17) is 4.98 Å². The third-order valence-electron chi connectivity index (χ3n) is 4.91. The van der Waals surface area contributed by atoms with Crippen LogP contribution in [0.4, 0.5) is 0 Å². The Balaban J connectivity index is 1.98. The highest BCUT2D eigenvalue weighted by Crippen LogP contribution is 2.44. The second-order valence-electron chi connectivity index (χ2n) is 6.48. The molecule has 3 rings (SSSR count). The molecule has 1 aromatic carbocycles. The molecule has 0 unspecified atom stereocenters. The van der Waals surface area contributed by atoms with Crippen LogP contribution in [0.5, 0.6) is 0 Å². The van der Waals surface area contributed by atoms with E-state index in [2.05, 4.69) is 17.6 Å². The predicted octanol–water partition coefficient (Wildman–Crippen LogP) is 3.46. The summed E-state index contributed by atoms with van der Waals surface area (Å²) in [7, 11) is 2.04. The van der Waals surface area contributed by atoms with Gasteiger partial charge in [0.1, 0.15) is 5.82 Å². The van der Waals surface area contributed by atoms with Crippen molar-refractivity contribution in [2.45, 2.75) is 45.4 Å². The maximum Gasteiger partial charge on any atom is 0.303 e. The summed E-state index contributed by atoms with van der Waals surface area (Å²) in [6.45, 7) is 2.09. The minimum atomic E-state index is -0.688. The molecule has 112 valence electrons. The van der Waals surface area contributed by atoms with E-state index in [0.29, 0.717) is 0 Å². The molecule has 21 heavy (non-hydrogen) atoms. The normalized spacial score (nSPS) is 17.4. The number of aromatic nitrogens is 2. The van der Waals surface area contributed by atoms with Gasteiger partial charge in [0.2, 0.25) is 0 Å². The van der Waals surface area contributed by atoms with Crippen molar-refractivity contribution in [1.29, 1.82) is 0 Å². The fourth-order valence-corrected chi connectivity index (χ4v) is 3.87. The summed E-state index contributed by atoms with van der Waals surface area (Å²) in [4.78, 5) is 16.0. The Kier molecular flexibility index (Phi) is 3.47. The number of hydrogen-bond acceptors (Lipinski definition) is 2. The van der Waals surface area contributed by atoms with Crippen LogP contribution in [0.25, 0.3) is 11.0 Å². The van der Waals surface area contributed by atoms with Crippen LogP contribution in [-0.2, 0) is 18.3 Å². The van der Waals surface area contributed by atoms with Crippen LogP contribution in [0.3, 0.4) is 0 Å². The molecule has 0 atom stereocenters. The monoisotopic (exact) mass is 286 g/mol. The molecule has 0 saturated heterocycles. The average Bonchev–Trinajstić information content (AvgIpc) is 2.96. The Morgan fingerprint density at radius 2 is 2.10 bits per heavy atom. The first-order chi connectivity index (χ1) is 10.0. The molecule has 0 amide bonds. The summed E-state index contributed by atoms with van der Waals surface area (Å²) in [6, 6.07) is 6.15. The van der Waals surface area contributed by atoms with E-state index >= 15 is 0 Å². The molecule has 1 aliphatic carbocycles. The molecule has 0 aliphatic heterocycles. The number of aryl methyl sites for hydroxylation is 2. The SMILES string of the molecule is Cc1cccc2nc(CC3(CC(=O)O)CCCC3)n(C)c12. The first-order valence-corrected chi connectivity index (χ1v) is 7.63. The third kappa shape index (κ3) is 2.55. The number of para-hydroxylation sites is 1. The number of carboxylic acid groups (broad SMARTS) is 1. The van der Waals surface area contributed by atoms with Crippen molar-refractivity contribution in [2.75, 3.05) is 0 Å². The molecular weight excluding hydrogens is 264 g/mol. The van der Waals surface area contributed by atoms with Crippen molar-refractivity contribution in [3.8, 4) is 0 Å². The first kappa shape index (κ1) is 14.1. The Morgan fingerprint density at radius 3 is 2.71 bits per heavy atom. The number of benzene rings is 1. The van der Waals surface area contributed by atoms with Gasteiger partial charge in [-0.2, -0.15) is 0 Å². The minimum Gasteiger partial charge on any atom is -0.481 e. The molecule has 1 fully saturated rings. The van der Waals surface area contributed by atoms with Gasteiger partial charge in [-0.05, 0) is 36.8 Å². The van der Waals surface area contributed by atoms with Crippen molar-refractivity contribution >= 4 is 17.0 Å². The van der Waals surface area contributed by atoms with E-state index in [1.54, 1.807) is 0 Å². The molecule has 1 heterocycles. The van der Waals surface area contributed by atoms with Gasteiger partial charge in [-0.15, -0.1) is 0 Å². The smallest absolute Gasteiger partial charge is 0.303 e. The van der Waals surface area contributed by atoms with Gasteiger partial charge in [-0.3, -0.25) is 4.79 Å². The van der Waals surface area contributed by atoms with Gasteiger partial charge in [0.25, 0.3) is 0 Å². The molecule has 2 aromatic rings. The molecule has 1 N–H and O–H groups in total. The van der Waals surface area contributed by atoms with E-state index in [-0.39, 0.29) is 11.8 Å². The number of imidazole rings is 1. The van der Waals surface area contributed by atoms with Gasteiger partial charge in [0.15, 0.2) is 0 Å². The highest BCUT2D eigenvalue weighted by atomic mass is 16.4. The van der Waals surface area contributed by atoms with Crippen molar-refractivity contribution in [3.63, 3.8) is 0 Å². The van der Waals surface area contributed by atoms with E-state index in [1.165, 1.54) is 5.56 Å². The summed E-state index contributed by atoms with van der Waals surface area (Å²) >= 11 is 0. The van der Waals surface area contributed by atoms with Gasteiger partial charge in [0.05, 0.1) is 17.5 Å². The quantitative estimate of drug-likeness (QED) is 0.936. The zero-order valence-electron chi connectivity index (χ0n) is 12.7. The summed E-state index contributed by atoms with van der Waals surface area (Å²) in [5.74, 6) is 0.328. The lowest BCUT2D eigenvalue weighted by Gasteiger charge is -2.26. The summed E-state index contributed by atoms with van der Waals surface area (Å²) in [5, 5.41) is 9.24. The van der Waals surface area contributed by atoms with Crippen LogP contribution < -0.4 is 0 Å². The minimum absolute atomic E-state index is 0.102. The third-order valence-corrected chi connectivity index (χ3v) is 4.91. The number of aliphatic carboxylic acids is 1. The summed E-state index contributed by atoms with van der Waals surface area (Å²) < 4.78 is 2.15. The lowest BCUT2D eigenvalue weighted by atomic mass is 9.79. The average molecular weight is 286 g/mol. The van der Waals surface area contributed by atoms with Crippen LogP contribution in [-0.4, -0.2) is 20.6 Å². The molecule has 1 saturated carbocycles. The lowest BCUT2D eigenvalue weighted by molar-refractivity contribution is -0.139. The van der Waals surface area contributed by atoms with Crippen LogP contribution in [0.1, 0.15) is 43.5 Å². The molecule has 1 aromatic heterocycles. The number of hydrogen-bond donors (Lipinski definition) is 1. The van der Waals surface area contributed by atoms with E-state index in [9.17, 15) is 9.90 Å². The number of carboxylic acids is 1. The molecule has 0 spiro atoms. The van der Waals surface area contributed by atoms with Crippen LogP contribution in [0, 0.1) is 12.3 Å². The topological polar surface area (TPSA) is 55.1 Å². The molecular formula is C17H22N2O2. The van der Waals surface area contributed by atoms with Crippen molar-refractivity contribution < 1.29 is 9.90 Å².